The highest BCUT2D eigenvalue weighted by Crippen LogP contribution is 2.27. The van der Waals surface area contributed by atoms with Crippen molar-refractivity contribution >= 4 is 11.9 Å². The molecule has 0 spiro atoms. The third-order valence-electron chi connectivity index (χ3n) is 4.28. The van der Waals surface area contributed by atoms with Crippen LogP contribution in [0.2, 0.25) is 0 Å². The van der Waals surface area contributed by atoms with E-state index in [0.717, 1.165) is 0 Å². The monoisotopic (exact) mass is 384 g/mol. The molecule has 0 saturated carbocycles. The van der Waals surface area contributed by atoms with Gasteiger partial charge in [-0.2, -0.15) is 0 Å². The highest BCUT2D eigenvalue weighted by molar-refractivity contribution is 5.82. The van der Waals surface area contributed by atoms with Crippen molar-refractivity contribution in [3.8, 4) is 0 Å². The van der Waals surface area contributed by atoms with Gasteiger partial charge in [0.15, 0.2) is 0 Å². The molecular weight excluding hydrogens is 352 g/mol. The first-order chi connectivity index (χ1) is 13.0. The maximum atomic E-state index is 11.2. The summed E-state index contributed by atoms with van der Waals surface area (Å²) in [5.74, 6) is -0.770. The fraction of sp³-hybridized carbons (Fsp3) is 0.700. The van der Waals surface area contributed by atoms with Crippen LogP contribution in [0.25, 0.3) is 0 Å². The molecule has 154 valence electrons. The Morgan fingerprint density at radius 1 is 0.926 bits per heavy atom. The van der Waals surface area contributed by atoms with Gasteiger partial charge in [0.05, 0.1) is 37.6 Å². The van der Waals surface area contributed by atoms with E-state index >= 15 is 0 Å². The van der Waals surface area contributed by atoms with Crippen LogP contribution in [0.1, 0.15) is 52.4 Å². The summed E-state index contributed by atoms with van der Waals surface area (Å²) < 4.78 is 15.4. The van der Waals surface area contributed by atoms with Crippen molar-refractivity contribution < 1.29 is 34.0 Å². The molecule has 1 rings (SSSR count). The van der Waals surface area contributed by atoms with Gasteiger partial charge in [-0.1, -0.05) is 12.2 Å². The van der Waals surface area contributed by atoms with Gasteiger partial charge >= 0.3 is 11.9 Å². The molecule has 1 fully saturated rings. The number of rotatable bonds is 12. The molecule has 2 N–H and O–H groups in total. The van der Waals surface area contributed by atoms with E-state index in [-0.39, 0.29) is 24.1 Å². The Bertz CT molecular complexity index is 457. The second-order valence-electron chi connectivity index (χ2n) is 6.39. The van der Waals surface area contributed by atoms with Gasteiger partial charge in [-0.15, -0.1) is 0 Å². The first kappa shape index (κ1) is 23.3. The van der Waals surface area contributed by atoms with Gasteiger partial charge in [0, 0.05) is 12.2 Å². The molecule has 0 aromatic heterocycles. The van der Waals surface area contributed by atoms with Crippen LogP contribution < -0.4 is 0 Å². The predicted octanol–water partition coefficient (Wildman–Crippen LogP) is 2.05. The van der Waals surface area contributed by atoms with Crippen molar-refractivity contribution in [2.45, 2.75) is 76.8 Å². The van der Waals surface area contributed by atoms with E-state index in [4.69, 9.17) is 14.2 Å². The van der Waals surface area contributed by atoms with E-state index in [0.29, 0.717) is 51.7 Å². The number of carbonyl (C=O) groups is 2. The number of hydrogen-bond acceptors (Lipinski definition) is 7. The molecule has 7 nitrogen and oxygen atoms in total. The van der Waals surface area contributed by atoms with Crippen LogP contribution in [-0.4, -0.2) is 59.8 Å². The van der Waals surface area contributed by atoms with Crippen LogP contribution in [-0.2, 0) is 23.8 Å². The first-order valence-electron chi connectivity index (χ1n) is 9.66. The van der Waals surface area contributed by atoms with Gasteiger partial charge in [0.25, 0.3) is 0 Å². The molecule has 1 heterocycles. The molecule has 0 aromatic carbocycles. The summed E-state index contributed by atoms with van der Waals surface area (Å²) in [5.41, 5.74) is 0. The van der Waals surface area contributed by atoms with Crippen LogP contribution in [0.15, 0.2) is 24.3 Å². The smallest absolute Gasteiger partial charge is 0.330 e. The Hall–Kier alpha value is -1.70. The molecule has 0 amide bonds. The Morgan fingerprint density at radius 2 is 1.33 bits per heavy atom. The summed E-state index contributed by atoms with van der Waals surface area (Å²) in [6, 6.07) is 0. The zero-order chi connectivity index (χ0) is 20.1. The van der Waals surface area contributed by atoms with Crippen molar-refractivity contribution in [2.24, 2.45) is 0 Å². The van der Waals surface area contributed by atoms with Crippen molar-refractivity contribution in [3.63, 3.8) is 0 Å². The average molecular weight is 384 g/mol. The summed E-state index contributed by atoms with van der Waals surface area (Å²) in [7, 11) is 0. The molecule has 0 aliphatic carbocycles. The van der Waals surface area contributed by atoms with Crippen molar-refractivity contribution in [3.05, 3.63) is 24.3 Å². The molecule has 0 unspecified atom stereocenters. The van der Waals surface area contributed by atoms with E-state index in [9.17, 15) is 19.8 Å². The molecule has 27 heavy (non-hydrogen) atoms. The lowest BCUT2D eigenvalue weighted by atomic mass is 10.0. The van der Waals surface area contributed by atoms with Crippen LogP contribution >= 0.6 is 0 Å². The molecular formula is C20H32O7. The number of esters is 2. The first-order valence-corrected chi connectivity index (χ1v) is 9.66. The third kappa shape index (κ3) is 9.70. The zero-order valence-electron chi connectivity index (χ0n) is 16.2. The quantitative estimate of drug-likeness (QED) is 0.392. The van der Waals surface area contributed by atoms with E-state index < -0.39 is 12.2 Å². The lowest BCUT2D eigenvalue weighted by Gasteiger charge is -2.21. The van der Waals surface area contributed by atoms with Gasteiger partial charge < -0.3 is 24.4 Å². The summed E-state index contributed by atoms with van der Waals surface area (Å²) in [4.78, 5) is 22.4. The van der Waals surface area contributed by atoms with Gasteiger partial charge in [-0.25, -0.2) is 9.59 Å². The topological polar surface area (TPSA) is 102 Å². The Labute approximate surface area is 161 Å². The van der Waals surface area contributed by atoms with Gasteiger partial charge in [0.1, 0.15) is 0 Å². The second kappa shape index (κ2) is 13.5. The summed E-state index contributed by atoms with van der Waals surface area (Å²) in [6.07, 6.45) is 7.60. The predicted molar refractivity (Wildman–Crippen MR) is 99.9 cm³/mol. The number of hydrogen-bond donors (Lipinski definition) is 2. The summed E-state index contributed by atoms with van der Waals surface area (Å²) in [6.45, 7) is 4.16. The maximum absolute atomic E-state index is 11.2. The molecule has 1 aliphatic rings. The minimum atomic E-state index is -0.641. The van der Waals surface area contributed by atoms with E-state index in [1.807, 2.05) is 0 Å². The van der Waals surface area contributed by atoms with Crippen LogP contribution in [0, 0.1) is 0 Å². The van der Waals surface area contributed by atoms with Crippen LogP contribution in [0.4, 0.5) is 0 Å². The molecule has 0 bridgehead atoms. The lowest BCUT2D eigenvalue weighted by molar-refractivity contribution is -0.138. The minimum Gasteiger partial charge on any atom is -0.463 e. The highest BCUT2D eigenvalue weighted by atomic mass is 16.5. The summed E-state index contributed by atoms with van der Waals surface area (Å²) >= 11 is 0. The fourth-order valence-electron chi connectivity index (χ4n) is 2.90. The Morgan fingerprint density at radius 3 is 1.70 bits per heavy atom. The number of aliphatic hydroxyl groups excluding tert-OH is 2. The van der Waals surface area contributed by atoms with Crippen LogP contribution in [0.3, 0.4) is 0 Å². The minimum absolute atomic E-state index is 0.310. The van der Waals surface area contributed by atoms with E-state index in [1.54, 1.807) is 26.0 Å². The van der Waals surface area contributed by atoms with E-state index in [2.05, 4.69) is 0 Å². The molecule has 4 atom stereocenters. The normalized spacial score (nSPS) is 22.2. The maximum Gasteiger partial charge on any atom is 0.330 e. The largest absolute Gasteiger partial charge is 0.463 e. The Kier molecular flexibility index (Phi) is 11.6. The number of carbonyl (C=O) groups excluding carboxylic acids is 2. The fourth-order valence-corrected chi connectivity index (χ4v) is 2.90. The highest BCUT2D eigenvalue weighted by Gasteiger charge is 2.33. The third-order valence-corrected chi connectivity index (χ3v) is 4.28. The van der Waals surface area contributed by atoms with Crippen LogP contribution in [0.5, 0.6) is 0 Å². The average Bonchev–Trinajstić information content (AvgIpc) is 3.13. The number of allylic oxidation sites excluding steroid dienone is 2. The van der Waals surface area contributed by atoms with Crippen molar-refractivity contribution in [2.75, 3.05) is 13.2 Å². The van der Waals surface area contributed by atoms with Gasteiger partial charge in [-0.3, -0.25) is 0 Å². The van der Waals surface area contributed by atoms with Gasteiger partial charge in [0.2, 0.25) is 0 Å². The van der Waals surface area contributed by atoms with Crippen molar-refractivity contribution in [1.82, 2.24) is 0 Å². The molecule has 0 radical (unpaired) electrons. The SMILES string of the molecule is CCOC(=O)/C=C/CC[C@@H](O)[C@H]1CC[C@@H]([C@@H](O)CC/C=C/C(=O)OCC)O1. The molecule has 1 saturated heterocycles. The van der Waals surface area contributed by atoms with Crippen molar-refractivity contribution in [1.29, 1.82) is 0 Å². The number of ether oxygens (including phenoxy) is 3. The number of aliphatic hydroxyl groups is 2. The lowest BCUT2D eigenvalue weighted by Crippen LogP contribution is -2.30. The molecule has 0 aromatic rings. The summed E-state index contributed by atoms with van der Waals surface area (Å²) in [5, 5.41) is 20.4. The molecule has 7 heteroatoms. The van der Waals surface area contributed by atoms with Gasteiger partial charge in [-0.05, 0) is 52.4 Å². The van der Waals surface area contributed by atoms with E-state index in [1.165, 1.54) is 12.2 Å². The molecule has 1 aliphatic heterocycles. The standard InChI is InChI=1S/C20H32O7/c1-3-25-19(23)11-7-5-9-15(21)17-13-14-18(27-17)16(22)10-6-8-12-20(24)26-4-2/h7-8,11-12,15-18,21-22H,3-6,9-10,13-14H2,1-2H3/b11-7+,12-8+/t15-,16+,17-,18+. The second-order valence-corrected chi connectivity index (χ2v) is 6.39. The Balaban J connectivity index is 2.25. The zero-order valence-corrected chi connectivity index (χ0v) is 16.2.